The molecule has 34 heavy (non-hydrogen) atoms. The molecule has 9 nitrogen and oxygen atoms in total. The van der Waals surface area contributed by atoms with E-state index in [2.05, 4.69) is 25.6 Å². The third kappa shape index (κ3) is 4.23. The summed E-state index contributed by atoms with van der Waals surface area (Å²) in [4.78, 5) is 17.7. The van der Waals surface area contributed by atoms with Gasteiger partial charge >= 0.3 is 0 Å². The van der Waals surface area contributed by atoms with E-state index in [4.69, 9.17) is 23.2 Å². The Balaban J connectivity index is 1.52. The van der Waals surface area contributed by atoms with Crippen molar-refractivity contribution in [2.24, 2.45) is 0 Å². The van der Waals surface area contributed by atoms with Crippen LogP contribution in [-0.2, 0) is 0 Å². The monoisotopic (exact) mass is 492 g/mol. The third-order valence-corrected chi connectivity index (χ3v) is 5.79. The van der Waals surface area contributed by atoms with E-state index in [1.54, 1.807) is 33.6 Å². The van der Waals surface area contributed by atoms with Gasteiger partial charge in [0.05, 0.1) is 41.8 Å². The minimum atomic E-state index is -0.320. The lowest BCUT2D eigenvalue weighted by molar-refractivity contribution is 0.526. The molecular weight excluding hydrogens is 475 g/mol. The standard InChI is InChI=1S/C23H18Cl2N8O/c1-2-20(19-12-32(29-27-19)16-6-4-3-5-7-16)31-14-26-18(11-23(31)34)17-10-15(24)8-9-21(17)33-13-22(25)28-30-33/h3-14,20H,2H2,1H3. The maximum atomic E-state index is 13.2. The Kier molecular flexibility index (Phi) is 5.95. The van der Waals surface area contributed by atoms with Gasteiger partial charge in [0.2, 0.25) is 0 Å². The molecule has 11 heteroatoms. The number of para-hydroxylation sites is 1. The van der Waals surface area contributed by atoms with Gasteiger partial charge in [-0.1, -0.05) is 58.8 Å². The topological polar surface area (TPSA) is 96.3 Å². The summed E-state index contributed by atoms with van der Waals surface area (Å²) in [6.45, 7) is 1.98. The van der Waals surface area contributed by atoms with Crippen LogP contribution in [0.2, 0.25) is 10.2 Å². The molecule has 0 aliphatic carbocycles. The molecule has 5 aromatic rings. The van der Waals surface area contributed by atoms with Crippen LogP contribution < -0.4 is 5.56 Å². The van der Waals surface area contributed by atoms with Gasteiger partial charge in [-0.15, -0.1) is 10.2 Å². The van der Waals surface area contributed by atoms with E-state index in [0.717, 1.165) is 5.69 Å². The molecule has 0 spiro atoms. The lowest BCUT2D eigenvalue weighted by Crippen LogP contribution is -2.25. The van der Waals surface area contributed by atoms with Crippen molar-refractivity contribution >= 4 is 23.2 Å². The molecule has 5 rings (SSSR count). The fraction of sp³-hybridized carbons (Fsp3) is 0.130. The Morgan fingerprint density at radius 3 is 2.44 bits per heavy atom. The summed E-state index contributed by atoms with van der Waals surface area (Å²) in [6, 6.07) is 16.0. The third-order valence-electron chi connectivity index (χ3n) is 5.38. The maximum Gasteiger partial charge on any atom is 0.254 e. The Morgan fingerprint density at radius 2 is 1.74 bits per heavy atom. The average molecular weight is 493 g/mol. The van der Waals surface area contributed by atoms with Crippen LogP contribution >= 0.6 is 23.2 Å². The van der Waals surface area contributed by atoms with Crippen molar-refractivity contribution in [2.75, 3.05) is 0 Å². The molecule has 3 heterocycles. The highest BCUT2D eigenvalue weighted by atomic mass is 35.5. The first kappa shape index (κ1) is 22.0. The fourth-order valence-electron chi connectivity index (χ4n) is 3.75. The molecule has 0 N–H and O–H groups in total. The average Bonchev–Trinajstić information content (AvgIpc) is 3.51. The zero-order valence-electron chi connectivity index (χ0n) is 18.0. The highest BCUT2D eigenvalue weighted by molar-refractivity contribution is 6.31. The van der Waals surface area contributed by atoms with Crippen LogP contribution in [0, 0.1) is 0 Å². The van der Waals surface area contributed by atoms with Crippen LogP contribution in [0.4, 0.5) is 0 Å². The predicted molar refractivity (Wildman–Crippen MR) is 129 cm³/mol. The van der Waals surface area contributed by atoms with Crippen LogP contribution in [0.5, 0.6) is 0 Å². The Morgan fingerprint density at radius 1 is 0.941 bits per heavy atom. The zero-order valence-corrected chi connectivity index (χ0v) is 19.5. The van der Waals surface area contributed by atoms with E-state index in [-0.39, 0.29) is 16.8 Å². The summed E-state index contributed by atoms with van der Waals surface area (Å²) in [7, 11) is 0. The molecule has 3 aromatic heterocycles. The molecular formula is C23H18Cl2N8O. The highest BCUT2D eigenvalue weighted by Crippen LogP contribution is 2.28. The van der Waals surface area contributed by atoms with Crippen molar-refractivity contribution in [1.29, 1.82) is 0 Å². The van der Waals surface area contributed by atoms with E-state index >= 15 is 0 Å². The molecule has 0 fully saturated rings. The summed E-state index contributed by atoms with van der Waals surface area (Å²) in [6.07, 6.45) is 5.55. The van der Waals surface area contributed by atoms with Crippen molar-refractivity contribution in [3.8, 4) is 22.6 Å². The molecule has 0 aliphatic heterocycles. The summed E-state index contributed by atoms with van der Waals surface area (Å²) in [5.74, 6) is 0. The number of benzene rings is 2. The van der Waals surface area contributed by atoms with Crippen LogP contribution in [0.1, 0.15) is 25.1 Å². The molecule has 0 saturated carbocycles. The number of rotatable bonds is 6. The van der Waals surface area contributed by atoms with Crippen molar-refractivity contribution in [2.45, 2.75) is 19.4 Å². The summed E-state index contributed by atoms with van der Waals surface area (Å²) < 4.78 is 4.75. The SMILES string of the molecule is CCC(c1cn(-c2ccccc2)nn1)n1cnc(-c2cc(Cl)ccc2-n2cc(Cl)nn2)cc1=O. The van der Waals surface area contributed by atoms with Crippen LogP contribution in [0.15, 0.2) is 78.1 Å². The molecule has 0 aliphatic rings. The van der Waals surface area contributed by atoms with Crippen LogP contribution in [0.3, 0.4) is 0 Å². The Bertz CT molecular complexity index is 1510. The van der Waals surface area contributed by atoms with Crippen molar-refractivity contribution in [3.05, 3.63) is 99.5 Å². The molecule has 1 atom stereocenters. The Hall–Kier alpha value is -3.82. The molecule has 1 unspecified atom stereocenters. The van der Waals surface area contributed by atoms with Gasteiger partial charge in [0.15, 0.2) is 5.15 Å². The molecule has 0 bridgehead atoms. The minimum absolute atomic E-state index is 0.228. The van der Waals surface area contributed by atoms with Gasteiger partial charge in [0, 0.05) is 16.7 Å². The van der Waals surface area contributed by atoms with Gasteiger partial charge < -0.3 is 0 Å². The van der Waals surface area contributed by atoms with E-state index < -0.39 is 0 Å². The Labute approximate surface area is 204 Å². The second-order valence-electron chi connectivity index (χ2n) is 7.51. The fourth-order valence-corrected chi connectivity index (χ4v) is 4.05. The van der Waals surface area contributed by atoms with Gasteiger partial charge in [-0.2, -0.15) is 0 Å². The molecule has 0 amide bonds. The van der Waals surface area contributed by atoms with Gasteiger partial charge in [-0.25, -0.2) is 14.3 Å². The number of hydrogen-bond donors (Lipinski definition) is 0. The molecule has 0 saturated heterocycles. The van der Waals surface area contributed by atoms with E-state index in [1.165, 1.54) is 17.1 Å². The van der Waals surface area contributed by atoms with Crippen LogP contribution in [-0.4, -0.2) is 39.5 Å². The summed E-state index contributed by atoms with van der Waals surface area (Å²) >= 11 is 12.2. The number of nitrogens with zero attached hydrogens (tertiary/aromatic N) is 8. The van der Waals surface area contributed by atoms with Gasteiger partial charge in [-0.3, -0.25) is 9.36 Å². The van der Waals surface area contributed by atoms with E-state index in [9.17, 15) is 4.79 Å². The first-order valence-corrected chi connectivity index (χ1v) is 11.2. The van der Waals surface area contributed by atoms with Crippen molar-refractivity contribution in [3.63, 3.8) is 0 Å². The number of aromatic nitrogens is 8. The first-order chi connectivity index (χ1) is 16.5. The molecule has 2 aromatic carbocycles. The molecule has 0 radical (unpaired) electrons. The van der Waals surface area contributed by atoms with E-state index in [1.807, 2.05) is 43.5 Å². The second kappa shape index (κ2) is 9.20. The largest absolute Gasteiger partial charge is 0.290 e. The zero-order chi connectivity index (χ0) is 23.7. The smallest absolute Gasteiger partial charge is 0.254 e. The first-order valence-electron chi connectivity index (χ1n) is 10.5. The lowest BCUT2D eigenvalue weighted by Gasteiger charge is -2.16. The van der Waals surface area contributed by atoms with Crippen molar-refractivity contribution in [1.82, 2.24) is 39.5 Å². The summed E-state index contributed by atoms with van der Waals surface area (Å²) in [5.41, 5.74) is 3.05. The number of halogens is 2. The highest BCUT2D eigenvalue weighted by Gasteiger charge is 2.19. The summed E-state index contributed by atoms with van der Waals surface area (Å²) in [5, 5.41) is 17.1. The van der Waals surface area contributed by atoms with Gasteiger partial charge in [-0.05, 0) is 36.8 Å². The maximum absolute atomic E-state index is 13.2. The van der Waals surface area contributed by atoms with Gasteiger partial charge in [0.25, 0.3) is 5.56 Å². The quantitative estimate of drug-likeness (QED) is 0.349. The van der Waals surface area contributed by atoms with Crippen LogP contribution in [0.25, 0.3) is 22.6 Å². The van der Waals surface area contributed by atoms with E-state index in [0.29, 0.717) is 34.1 Å². The second-order valence-corrected chi connectivity index (χ2v) is 8.34. The normalized spacial score (nSPS) is 12.1. The van der Waals surface area contributed by atoms with Crippen molar-refractivity contribution < 1.29 is 0 Å². The molecule has 170 valence electrons. The number of hydrogen-bond acceptors (Lipinski definition) is 6. The predicted octanol–water partition coefficient (Wildman–Crippen LogP) is 4.38. The van der Waals surface area contributed by atoms with Gasteiger partial charge in [0.1, 0.15) is 5.69 Å². The lowest BCUT2D eigenvalue weighted by atomic mass is 10.1. The minimum Gasteiger partial charge on any atom is -0.290 e.